The Balaban J connectivity index is 1.93. The zero-order chi connectivity index (χ0) is 15.5. The van der Waals surface area contributed by atoms with E-state index in [1.165, 1.54) is 17.4 Å². The Morgan fingerprint density at radius 3 is 2.95 bits per heavy atom. The zero-order valence-electron chi connectivity index (χ0n) is 12.4. The topological polar surface area (TPSA) is 50.4 Å². The first-order valence-corrected chi connectivity index (χ1v) is 8.22. The first-order chi connectivity index (χ1) is 10.7. The van der Waals surface area contributed by atoms with Gasteiger partial charge in [0, 0.05) is 28.8 Å². The van der Waals surface area contributed by atoms with E-state index in [2.05, 4.69) is 10.6 Å². The zero-order valence-corrected chi connectivity index (χ0v) is 13.3. The van der Waals surface area contributed by atoms with Crippen molar-refractivity contribution in [1.29, 1.82) is 0 Å². The van der Waals surface area contributed by atoms with Gasteiger partial charge in [-0.2, -0.15) is 0 Å². The lowest BCUT2D eigenvalue weighted by molar-refractivity contribution is 0.0929. The predicted molar refractivity (Wildman–Crippen MR) is 85.9 cm³/mol. The van der Waals surface area contributed by atoms with Gasteiger partial charge in [-0.3, -0.25) is 4.79 Å². The highest BCUT2D eigenvalue weighted by molar-refractivity contribution is 7.21. The molecule has 0 radical (unpaired) electrons. The van der Waals surface area contributed by atoms with Gasteiger partial charge in [-0.05, 0) is 38.1 Å². The molecule has 0 bridgehead atoms. The molecule has 1 saturated heterocycles. The van der Waals surface area contributed by atoms with Crippen LogP contribution in [0, 0.1) is 5.82 Å². The minimum absolute atomic E-state index is 0.125. The number of fused-ring (bicyclic) bond motifs is 1. The molecule has 0 atom stereocenters. The number of piperidine rings is 1. The summed E-state index contributed by atoms with van der Waals surface area (Å²) in [5.74, 6) is -0.429. The molecule has 1 aromatic heterocycles. The van der Waals surface area contributed by atoms with Crippen molar-refractivity contribution in [2.45, 2.75) is 25.5 Å². The molecular weight excluding hydrogens is 303 g/mol. The smallest absolute Gasteiger partial charge is 0.261 e. The van der Waals surface area contributed by atoms with Gasteiger partial charge in [0.25, 0.3) is 5.91 Å². The third-order valence-electron chi connectivity index (χ3n) is 3.93. The van der Waals surface area contributed by atoms with Crippen molar-refractivity contribution in [3.63, 3.8) is 0 Å². The summed E-state index contributed by atoms with van der Waals surface area (Å²) < 4.78 is 20.1. The molecule has 2 aromatic rings. The van der Waals surface area contributed by atoms with Crippen LogP contribution in [0.5, 0.6) is 0 Å². The van der Waals surface area contributed by atoms with Crippen molar-refractivity contribution in [1.82, 2.24) is 10.6 Å². The number of benzene rings is 1. The number of hydrogen-bond acceptors (Lipinski definition) is 4. The molecule has 3 rings (SSSR count). The molecule has 1 aliphatic rings. The van der Waals surface area contributed by atoms with Gasteiger partial charge in [-0.15, -0.1) is 11.3 Å². The lowest BCUT2D eigenvalue weighted by Gasteiger charge is -2.23. The van der Waals surface area contributed by atoms with Crippen molar-refractivity contribution in [3.05, 3.63) is 34.5 Å². The number of nitrogens with one attached hydrogen (secondary N) is 2. The minimum Gasteiger partial charge on any atom is -0.380 e. The second-order valence-electron chi connectivity index (χ2n) is 5.45. The first-order valence-electron chi connectivity index (χ1n) is 7.41. The molecule has 1 aromatic carbocycles. The molecule has 22 heavy (non-hydrogen) atoms. The number of methoxy groups -OCH3 is 1. The fourth-order valence-electron chi connectivity index (χ4n) is 2.85. The summed E-state index contributed by atoms with van der Waals surface area (Å²) in [6.07, 6.45) is 1.84. The maximum absolute atomic E-state index is 14.1. The molecule has 2 N–H and O–H groups in total. The maximum Gasteiger partial charge on any atom is 0.261 e. The summed E-state index contributed by atoms with van der Waals surface area (Å²) in [5.41, 5.74) is 0.645. The fraction of sp³-hybridized carbons (Fsp3) is 0.438. The van der Waals surface area contributed by atoms with Crippen LogP contribution in [0.1, 0.15) is 28.1 Å². The Morgan fingerprint density at radius 2 is 2.23 bits per heavy atom. The second-order valence-corrected chi connectivity index (χ2v) is 6.51. The highest BCUT2D eigenvalue weighted by Crippen LogP contribution is 2.33. The van der Waals surface area contributed by atoms with Crippen LogP contribution in [0.15, 0.2) is 18.2 Å². The molecule has 118 valence electrons. The molecule has 2 heterocycles. The number of ether oxygens (including phenoxy) is 1. The van der Waals surface area contributed by atoms with Gasteiger partial charge in [0.1, 0.15) is 5.82 Å². The van der Waals surface area contributed by atoms with E-state index < -0.39 is 0 Å². The molecule has 0 spiro atoms. The normalized spacial score (nSPS) is 16.1. The number of hydrogen-bond donors (Lipinski definition) is 2. The quantitative estimate of drug-likeness (QED) is 0.910. The summed E-state index contributed by atoms with van der Waals surface area (Å²) in [5, 5.41) is 6.84. The Labute approximate surface area is 132 Å². The van der Waals surface area contributed by atoms with E-state index in [1.807, 2.05) is 6.07 Å². The van der Waals surface area contributed by atoms with Crippen molar-refractivity contribution >= 4 is 27.3 Å². The molecule has 6 heteroatoms. The monoisotopic (exact) mass is 322 g/mol. The summed E-state index contributed by atoms with van der Waals surface area (Å²) in [4.78, 5) is 13.1. The number of halogens is 1. The van der Waals surface area contributed by atoms with E-state index in [-0.39, 0.29) is 24.4 Å². The fourth-order valence-corrected chi connectivity index (χ4v) is 3.98. The summed E-state index contributed by atoms with van der Waals surface area (Å²) in [6, 6.07) is 5.10. The molecule has 0 unspecified atom stereocenters. The van der Waals surface area contributed by atoms with Gasteiger partial charge in [0.2, 0.25) is 0 Å². The Morgan fingerprint density at radius 1 is 1.45 bits per heavy atom. The molecule has 0 saturated carbocycles. The van der Waals surface area contributed by atoms with Crippen LogP contribution in [0.4, 0.5) is 4.39 Å². The Kier molecular flexibility index (Phi) is 4.71. The molecule has 1 aliphatic heterocycles. The van der Waals surface area contributed by atoms with Crippen LogP contribution >= 0.6 is 11.3 Å². The molecule has 4 nitrogen and oxygen atoms in total. The van der Waals surface area contributed by atoms with Gasteiger partial charge in [-0.25, -0.2) is 4.39 Å². The van der Waals surface area contributed by atoms with E-state index in [4.69, 9.17) is 4.74 Å². The maximum atomic E-state index is 14.1. The van der Waals surface area contributed by atoms with Crippen LogP contribution in [0.2, 0.25) is 0 Å². The third-order valence-corrected chi connectivity index (χ3v) is 5.13. The third kappa shape index (κ3) is 2.99. The number of amides is 1. The van der Waals surface area contributed by atoms with E-state index in [9.17, 15) is 9.18 Å². The Bertz CT molecular complexity index is 680. The van der Waals surface area contributed by atoms with Gasteiger partial charge in [0.05, 0.1) is 11.5 Å². The van der Waals surface area contributed by atoms with E-state index >= 15 is 0 Å². The van der Waals surface area contributed by atoms with Crippen LogP contribution in [-0.2, 0) is 11.3 Å². The SMILES string of the molecule is COCc1c(C(=O)NC2CCNCC2)sc2cccc(F)c12. The summed E-state index contributed by atoms with van der Waals surface area (Å²) in [7, 11) is 1.55. The van der Waals surface area contributed by atoms with Crippen molar-refractivity contribution in [2.75, 3.05) is 20.2 Å². The van der Waals surface area contributed by atoms with Crippen LogP contribution in [-0.4, -0.2) is 32.1 Å². The van der Waals surface area contributed by atoms with Gasteiger partial charge in [0.15, 0.2) is 0 Å². The highest BCUT2D eigenvalue weighted by Gasteiger charge is 2.23. The van der Waals surface area contributed by atoms with Crippen LogP contribution in [0.3, 0.4) is 0 Å². The van der Waals surface area contributed by atoms with E-state index in [0.29, 0.717) is 15.8 Å². The number of thiophene rings is 1. The standard InChI is InChI=1S/C16H19FN2O2S/c1-21-9-11-14-12(17)3-2-4-13(14)22-15(11)16(20)19-10-5-7-18-8-6-10/h2-4,10,18H,5-9H2,1H3,(H,19,20). The van der Waals surface area contributed by atoms with Gasteiger partial charge < -0.3 is 15.4 Å². The largest absolute Gasteiger partial charge is 0.380 e. The average molecular weight is 322 g/mol. The number of carbonyl (C=O) groups is 1. The highest BCUT2D eigenvalue weighted by atomic mass is 32.1. The lowest BCUT2D eigenvalue weighted by Crippen LogP contribution is -2.42. The minimum atomic E-state index is -0.304. The summed E-state index contributed by atoms with van der Waals surface area (Å²) in [6.45, 7) is 2.06. The number of carbonyl (C=O) groups excluding carboxylic acids is 1. The molecule has 1 amide bonds. The van der Waals surface area contributed by atoms with Crippen molar-refractivity contribution in [3.8, 4) is 0 Å². The average Bonchev–Trinajstić information content (AvgIpc) is 2.89. The van der Waals surface area contributed by atoms with E-state index in [0.717, 1.165) is 30.6 Å². The predicted octanol–water partition coefficient (Wildman–Crippen LogP) is 2.67. The lowest BCUT2D eigenvalue weighted by atomic mass is 10.1. The number of rotatable bonds is 4. The van der Waals surface area contributed by atoms with Gasteiger partial charge in [-0.1, -0.05) is 6.07 Å². The first kappa shape index (κ1) is 15.4. The molecule has 0 aliphatic carbocycles. The second kappa shape index (κ2) is 6.73. The van der Waals surface area contributed by atoms with Crippen molar-refractivity contribution in [2.24, 2.45) is 0 Å². The summed E-state index contributed by atoms with van der Waals surface area (Å²) >= 11 is 1.33. The van der Waals surface area contributed by atoms with Crippen LogP contribution < -0.4 is 10.6 Å². The van der Waals surface area contributed by atoms with E-state index in [1.54, 1.807) is 13.2 Å². The van der Waals surface area contributed by atoms with Crippen LogP contribution in [0.25, 0.3) is 10.1 Å². The molecular formula is C16H19FN2O2S. The Hall–Kier alpha value is -1.50. The van der Waals surface area contributed by atoms with Crippen molar-refractivity contribution < 1.29 is 13.9 Å². The van der Waals surface area contributed by atoms with Gasteiger partial charge >= 0.3 is 0 Å². The molecule has 1 fully saturated rings.